The Labute approximate surface area is 109 Å². The molecule has 102 valence electrons. The van der Waals surface area contributed by atoms with Crippen LogP contribution in [0.2, 0.25) is 0 Å². The van der Waals surface area contributed by atoms with Crippen LogP contribution in [0.25, 0.3) is 0 Å². The SMILES string of the molecule is Cc1ccc(OC[C@H](O)CNC(C)(C)CO)cc1. The molecule has 18 heavy (non-hydrogen) atoms. The molecule has 0 amide bonds. The molecule has 0 saturated carbocycles. The van der Waals surface area contributed by atoms with E-state index in [1.54, 1.807) is 0 Å². The topological polar surface area (TPSA) is 61.7 Å². The first-order valence-corrected chi connectivity index (χ1v) is 6.16. The molecule has 1 rings (SSSR count). The van der Waals surface area contributed by atoms with Crippen molar-refractivity contribution in [2.24, 2.45) is 0 Å². The van der Waals surface area contributed by atoms with Crippen LogP contribution in [0, 0.1) is 6.92 Å². The van der Waals surface area contributed by atoms with Gasteiger partial charge in [-0.25, -0.2) is 0 Å². The highest BCUT2D eigenvalue weighted by Gasteiger charge is 2.17. The molecule has 0 aliphatic carbocycles. The highest BCUT2D eigenvalue weighted by molar-refractivity contribution is 5.26. The molecule has 0 unspecified atom stereocenters. The molecule has 0 radical (unpaired) electrons. The lowest BCUT2D eigenvalue weighted by Gasteiger charge is -2.25. The van der Waals surface area contributed by atoms with E-state index in [-0.39, 0.29) is 18.8 Å². The normalized spacial score (nSPS) is 13.4. The van der Waals surface area contributed by atoms with Crippen LogP contribution in [0.3, 0.4) is 0 Å². The Bertz CT molecular complexity index is 349. The maximum atomic E-state index is 9.75. The van der Waals surface area contributed by atoms with E-state index in [2.05, 4.69) is 5.32 Å². The number of hydrogen-bond donors (Lipinski definition) is 3. The van der Waals surface area contributed by atoms with Crippen molar-refractivity contribution < 1.29 is 14.9 Å². The summed E-state index contributed by atoms with van der Waals surface area (Å²) in [6.07, 6.45) is -0.600. The summed E-state index contributed by atoms with van der Waals surface area (Å²) < 4.78 is 5.47. The van der Waals surface area contributed by atoms with Gasteiger partial charge >= 0.3 is 0 Å². The number of aliphatic hydroxyl groups is 2. The van der Waals surface area contributed by atoms with Gasteiger partial charge in [-0.1, -0.05) is 17.7 Å². The minimum Gasteiger partial charge on any atom is -0.491 e. The molecule has 1 aromatic rings. The van der Waals surface area contributed by atoms with E-state index in [0.29, 0.717) is 6.54 Å². The molecular weight excluding hydrogens is 230 g/mol. The largest absolute Gasteiger partial charge is 0.491 e. The standard InChI is InChI=1S/C14H23NO3/c1-11-4-6-13(7-5-11)18-9-12(17)8-15-14(2,3)10-16/h4-7,12,15-17H,8-10H2,1-3H3/t12-/m1/s1. The summed E-state index contributed by atoms with van der Waals surface area (Å²) >= 11 is 0. The number of benzene rings is 1. The third-order valence-corrected chi connectivity index (χ3v) is 2.67. The zero-order valence-electron chi connectivity index (χ0n) is 11.3. The van der Waals surface area contributed by atoms with E-state index in [4.69, 9.17) is 9.84 Å². The van der Waals surface area contributed by atoms with Gasteiger partial charge in [0.2, 0.25) is 0 Å². The number of nitrogens with one attached hydrogen (secondary N) is 1. The van der Waals surface area contributed by atoms with Crippen molar-refractivity contribution in [1.29, 1.82) is 0 Å². The molecule has 0 aliphatic heterocycles. The summed E-state index contributed by atoms with van der Waals surface area (Å²) in [4.78, 5) is 0. The Balaban J connectivity index is 2.29. The third-order valence-electron chi connectivity index (χ3n) is 2.67. The van der Waals surface area contributed by atoms with Gasteiger partial charge in [0.15, 0.2) is 0 Å². The van der Waals surface area contributed by atoms with Crippen molar-refractivity contribution in [3.8, 4) is 5.75 Å². The number of aliphatic hydroxyl groups excluding tert-OH is 2. The van der Waals surface area contributed by atoms with Crippen LogP contribution in [0.15, 0.2) is 24.3 Å². The second kappa shape index (κ2) is 6.73. The van der Waals surface area contributed by atoms with Crippen LogP contribution in [0.4, 0.5) is 0 Å². The predicted octanol–water partition coefficient (Wildman–Crippen LogP) is 1.10. The van der Waals surface area contributed by atoms with Crippen LogP contribution in [0.5, 0.6) is 5.75 Å². The van der Waals surface area contributed by atoms with E-state index in [9.17, 15) is 5.11 Å². The second-order valence-corrected chi connectivity index (χ2v) is 5.20. The number of hydrogen-bond acceptors (Lipinski definition) is 4. The molecule has 0 heterocycles. The minimum atomic E-state index is -0.600. The van der Waals surface area contributed by atoms with Crippen molar-refractivity contribution in [2.75, 3.05) is 19.8 Å². The van der Waals surface area contributed by atoms with Gasteiger partial charge < -0.3 is 20.3 Å². The van der Waals surface area contributed by atoms with E-state index in [1.807, 2.05) is 45.0 Å². The molecule has 0 aliphatic rings. The Morgan fingerprint density at radius 2 is 1.89 bits per heavy atom. The number of β-amino-alcohol motifs (C(OH)–C–C–N with tert-alkyl or cyclic N) is 1. The van der Waals surface area contributed by atoms with Crippen molar-refractivity contribution in [3.63, 3.8) is 0 Å². The molecule has 0 saturated heterocycles. The van der Waals surface area contributed by atoms with Gasteiger partial charge in [0.1, 0.15) is 18.5 Å². The molecule has 1 aromatic carbocycles. The summed E-state index contributed by atoms with van der Waals surface area (Å²) in [7, 11) is 0. The highest BCUT2D eigenvalue weighted by atomic mass is 16.5. The summed E-state index contributed by atoms with van der Waals surface area (Å²) in [5.41, 5.74) is 0.791. The lowest BCUT2D eigenvalue weighted by Crippen LogP contribution is -2.47. The van der Waals surface area contributed by atoms with Crippen LogP contribution in [0.1, 0.15) is 19.4 Å². The van der Waals surface area contributed by atoms with Crippen LogP contribution in [-0.4, -0.2) is 41.6 Å². The van der Waals surface area contributed by atoms with Crippen molar-refractivity contribution in [3.05, 3.63) is 29.8 Å². The van der Waals surface area contributed by atoms with Crippen molar-refractivity contribution in [1.82, 2.24) is 5.32 Å². The maximum Gasteiger partial charge on any atom is 0.119 e. The summed E-state index contributed by atoms with van der Waals surface area (Å²) in [6, 6.07) is 7.70. The van der Waals surface area contributed by atoms with Gasteiger partial charge in [0.05, 0.1) is 6.61 Å². The van der Waals surface area contributed by atoms with Crippen LogP contribution >= 0.6 is 0 Å². The fourth-order valence-corrected chi connectivity index (χ4v) is 1.34. The Morgan fingerprint density at radius 1 is 1.28 bits per heavy atom. The zero-order valence-corrected chi connectivity index (χ0v) is 11.3. The molecule has 4 heteroatoms. The average Bonchev–Trinajstić information content (AvgIpc) is 2.36. The number of aryl methyl sites for hydroxylation is 1. The fraction of sp³-hybridized carbons (Fsp3) is 0.571. The third kappa shape index (κ3) is 5.49. The summed E-state index contributed by atoms with van der Waals surface area (Å²) in [5.74, 6) is 0.751. The van der Waals surface area contributed by atoms with E-state index in [1.165, 1.54) is 5.56 Å². The smallest absolute Gasteiger partial charge is 0.119 e. The Kier molecular flexibility index (Phi) is 5.59. The van der Waals surface area contributed by atoms with Gasteiger partial charge in [-0.2, -0.15) is 0 Å². The first-order valence-electron chi connectivity index (χ1n) is 6.16. The van der Waals surface area contributed by atoms with Crippen molar-refractivity contribution in [2.45, 2.75) is 32.4 Å². The minimum absolute atomic E-state index is 0.0263. The Hall–Kier alpha value is -1.10. The molecular formula is C14H23NO3. The molecule has 3 N–H and O–H groups in total. The van der Waals surface area contributed by atoms with Gasteiger partial charge in [0, 0.05) is 12.1 Å². The lowest BCUT2D eigenvalue weighted by molar-refractivity contribution is 0.0906. The van der Waals surface area contributed by atoms with Crippen LogP contribution in [-0.2, 0) is 0 Å². The molecule has 0 bridgehead atoms. The molecule has 0 spiro atoms. The molecule has 1 atom stereocenters. The first kappa shape index (κ1) is 15.0. The summed E-state index contributed by atoms with van der Waals surface area (Å²) in [5, 5.41) is 21.9. The molecule has 0 aromatic heterocycles. The Morgan fingerprint density at radius 3 is 2.44 bits per heavy atom. The van der Waals surface area contributed by atoms with Gasteiger partial charge in [-0.05, 0) is 32.9 Å². The quantitative estimate of drug-likeness (QED) is 0.681. The number of ether oxygens (including phenoxy) is 1. The van der Waals surface area contributed by atoms with E-state index >= 15 is 0 Å². The predicted molar refractivity (Wildman–Crippen MR) is 71.8 cm³/mol. The lowest BCUT2D eigenvalue weighted by atomic mass is 10.1. The molecule has 0 fully saturated rings. The zero-order chi connectivity index (χ0) is 13.6. The van der Waals surface area contributed by atoms with Crippen molar-refractivity contribution >= 4 is 0 Å². The monoisotopic (exact) mass is 253 g/mol. The van der Waals surface area contributed by atoms with Gasteiger partial charge in [-0.15, -0.1) is 0 Å². The van der Waals surface area contributed by atoms with E-state index < -0.39 is 6.10 Å². The number of rotatable bonds is 7. The van der Waals surface area contributed by atoms with Gasteiger partial charge in [0.25, 0.3) is 0 Å². The highest BCUT2D eigenvalue weighted by Crippen LogP contribution is 2.11. The summed E-state index contributed by atoms with van der Waals surface area (Å²) in [6.45, 7) is 6.41. The molecule has 4 nitrogen and oxygen atoms in total. The average molecular weight is 253 g/mol. The maximum absolute atomic E-state index is 9.75. The van der Waals surface area contributed by atoms with E-state index in [0.717, 1.165) is 5.75 Å². The second-order valence-electron chi connectivity index (χ2n) is 5.20. The van der Waals surface area contributed by atoms with Gasteiger partial charge in [-0.3, -0.25) is 0 Å². The first-order chi connectivity index (χ1) is 8.43. The van der Waals surface area contributed by atoms with Crippen LogP contribution < -0.4 is 10.1 Å². The fourth-order valence-electron chi connectivity index (χ4n) is 1.34.